The summed E-state index contributed by atoms with van der Waals surface area (Å²) in [6.07, 6.45) is 0. The van der Waals surface area contributed by atoms with Crippen molar-refractivity contribution in [2.75, 3.05) is 7.11 Å². The van der Waals surface area contributed by atoms with Crippen molar-refractivity contribution in [2.45, 2.75) is 19.5 Å². The summed E-state index contributed by atoms with van der Waals surface area (Å²) in [5.74, 6) is -0.495. The van der Waals surface area contributed by atoms with E-state index >= 15 is 0 Å². The average Bonchev–Trinajstić information content (AvgIpc) is 2.65. The third-order valence-corrected chi connectivity index (χ3v) is 4.75. The van der Waals surface area contributed by atoms with E-state index in [1.54, 1.807) is 25.1 Å². The Morgan fingerprint density at radius 2 is 1.81 bits per heavy atom. The fraction of sp³-hybridized carbons (Fsp3) is 0.200. The molecule has 134 valence electrons. The Labute approximate surface area is 157 Å². The lowest BCUT2D eigenvalue weighted by molar-refractivity contribution is -0.136. The minimum absolute atomic E-state index is 0.288. The third-order valence-electron chi connectivity index (χ3n) is 4.40. The van der Waals surface area contributed by atoms with Crippen LogP contribution in [0.1, 0.15) is 24.1 Å². The second-order valence-electron chi connectivity index (χ2n) is 5.97. The largest absolute Gasteiger partial charge is 0.466 e. The number of hydrogen-bond acceptors (Lipinski definition) is 3. The van der Waals surface area contributed by atoms with Crippen LogP contribution in [-0.4, -0.2) is 24.0 Å². The minimum Gasteiger partial charge on any atom is -0.466 e. The fourth-order valence-corrected chi connectivity index (χ4v) is 3.30. The maximum Gasteiger partial charge on any atom is 0.337 e. The summed E-state index contributed by atoms with van der Waals surface area (Å²) in [4.78, 5) is 26.8. The normalized spacial score (nSPS) is 17.1. The number of benzene rings is 2. The number of hydrogen-bond donors (Lipinski definition) is 1. The molecule has 0 saturated heterocycles. The molecule has 2 amide bonds. The molecule has 2 aromatic rings. The van der Waals surface area contributed by atoms with E-state index in [9.17, 15) is 9.59 Å². The molecule has 0 bridgehead atoms. The molecule has 1 atom stereocenters. The van der Waals surface area contributed by atoms with Gasteiger partial charge in [0.05, 0.1) is 25.3 Å². The van der Waals surface area contributed by atoms with Gasteiger partial charge < -0.3 is 10.1 Å². The van der Waals surface area contributed by atoms with E-state index in [0.717, 1.165) is 5.56 Å². The average molecular weight is 371 g/mol. The highest BCUT2D eigenvalue weighted by molar-refractivity contribution is 6.31. The van der Waals surface area contributed by atoms with Crippen LogP contribution in [0.2, 0.25) is 5.02 Å². The quantitative estimate of drug-likeness (QED) is 0.826. The van der Waals surface area contributed by atoms with E-state index < -0.39 is 12.0 Å². The van der Waals surface area contributed by atoms with E-state index in [1.165, 1.54) is 12.0 Å². The van der Waals surface area contributed by atoms with Crippen LogP contribution in [-0.2, 0) is 16.1 Å². The van der Waals surface area contributed by atoms with Gasteiger partial charge in [0.15, 0.2) is 0 Å². The number of halogens is 1. The van der Waals surface area contributed by atoms with Crippen molar-refractivity contribution in [3.63, 3.8) is 0 Å². The molecule has 1 heterocycles. The number of carbonyl (C=O) groups is 2. The highest BCUT2D eigenvalue weighted by Gasteiger charge is 2.36. The zero-order valence-corrected chi connectivity index (χ0v) is 15.3. The van der Waals surface area contributed by atoms with E-state index in [-0.39, 0.29) is 6.03 Å². The molecule has 26 heavy (non-hydrogen) atoms. The molecule has 1 N–H and O–H groups in total. The Balaban J connectivity index is 2.05. The highest BCUT2D eigenvalue weighted by atomic mass is 35.5. The van der Waals surface area contributed by atoms with Crippen molar-refractivity contribution in [2.24, 2.45) is 0 Å². The van der Waals surface area contributed by atoms with E-state index in [1.807, 2.05) is 36.4 Å². The molecule has 1 aliphatic heterocycles. The summed E-state index contributed by atoms with van der Waals surface area (Å²) in [7, 11) is 1.32. The molecule has 2 aromatic carbocycles. The van der Waals surface area contributed by atoms with Gasteiger partial charge in [-0.1, -0.05) is 60.1 Å². The van der Waals surface area contributed by atoms with Gasteiger partial charge in [-0.05, 0) is 24.1 Å². The molecule has 0 aromatic heterocycles. The van der Waals surface area contributed by atoms with Crippen LogP contribution < -0.4 is 5.32 Å². The smallest absolute Gasteiger partial charge is 0.337 e. The molecule has 5 nitrogen and oxygen atoms in total. The van der Waals surface area contributed by atoms with Gasteiger partial charge in [-0.3, -0.25) is 4.90 Å². The Kier molecular flexibility index (Phi) is 5.28. The van der Waals surface area contributed by atoms with Gasteiger partial charge in [-0.15, -0.1) is 0 Å². The Morgan fingerprint density at radius 3 is 2.46 bits per heavy atom. The number of methoxy groups -OCH3 is 1. The standard InChI is InChI=1S/C20H19ClN2O3/c1-13-17(19(24)26-2)18(15-10-6-7-11-16(15)21)22-20(25)23(13)12-14-8-4-3-5-9-14/h3-11,18H,12H2,1-2H3,(H,22,25)/t18-/m0/s1. The lowest BCUT2D eigenvalue weighted by Crippen LogP contribution is -2.47. The van der Waals surface area contributed by atoms with Crippen molar-refractivity contribution in [1.82, 2.24) is 10.2 Å². The van der Waals surface area contributed by atoms with E-state index in [4.69, 9.17) is 16.3 Å². The van der Waals surface area contributed by atoms with Crippen molar-refractivity contribution in [1.29, 1.82) is 0 Å². The molecule has 0 spiro atoms. The van der Waals surface area contributed by atoms with E-state index in [0.29, 0.717) is 28.4 Å². The summed E-state index contributed by atoms with van der Waals surface area (Å²) in [6, 6.07) is 15.8. The van der Waals surface area contributed by atoms with Crippen molar-refractivity contribution in [3.8, 4) is 0 Å². The number of esters is 1. The fourth-order valence-electron chi connectivity index (χ4n) is 3.05. The Hall–Kier alpha value is -2.79. The number of amides is 2. The van der Waals surface area contributed by atoms with Gasteiger partial charge in [0, 0.05) is 10.7 Å². The van der Waals surface area contributed by atoms with Crippen LogP contribution in [0.15, 0.2) is 65.9 Å². The molecule has 0 saturated carbocycles. The lowest BCUT2D eigenvalue weighted by Gasteiger charge is -2.35. The molecular formula is C20H19ClN2O3. The molecule has 3 rings (SSSR count). The Morgan fingerprint density at radius 1 is 1.15 bits per heavy atom. The Bertz CT molecular complexity index is 864. The number of ether oxygens (including phenoxy) is 1. The van der Waals surface area contributed by atoms with Gasteiger partial charge in [-0.25, -0.2) is 9.59 Å². The first-order valence-electron chi connectivity index (χ1n) is 8.18. The third kappa shape index (κ3) is 3.44. The van der Waals surface area contributed by atoms with Crippen LogP contribution in [0.4, 0.5) is 4.79 Å². The van der Waals surface area contributed by atoms with Crippen LogP contribution in [0.25, 0.3) is 0 Å². The zero-order valence-electron chi connectivity index (χ0n) is 14.5. The number of rotatable bonds is 4. The number of nitrogens with zero attached hydrogens (tertiary/aromatic N) is 1. The molecule has 6 heteroatoms. The number of allylic oxidation sites excluding steroid dienone is 1. The second kappa shape index (κ2) is 7.62. The minimum atomic E-state index is -0.657. The van der Waals surface area contributed by atoms with Crippen molar-refractivity contribution < 1.29 is 14.3 Å². The molecular weight excluding hydrogens is 352 g/mol. The first-order valence-corrected chi connectivity index (χ1v) is 8.56. The molecule has 1 aliphatic rings. The van der Waals surface area contributed by atoms with Crippen LogP contribution in [0, 0.1) is 0 Å². The SMILES string of the molecule is COC(=O)C1=C(C)N(Cc2ccccc2)C(=O)N[C@H]1c1ccccc1Cl. The number of urea groups is 1. The highest BCUT2D eigenvalue weighted by Crippen LogP contribution is 2.35. The van der Waals surface area contributed by atoms with Crippen molar-refractivity contribution >= 4 is 23.6 Å². The van der Waals surface area contributed by atoms with Gasteiger partial charge >= 0.3 is 12.0 Å². The molecule has 0 fully saturated rings. The number of nitrogens with one attached hydrogen (secondary N) is 1. The molecule has 0 unspecified atom stereocenters. The van der Waals surface area contributed by atoms with Crippen molar-refractivity contribution in [3.05, 3.63) is 82.0 Å². The predicted molar refractivity (Wildman–Crippen MR) is 99.4 cm³/mol. The molecule has 0 radical (unpaired) electrons. The maximum atomic E-state index is 12.7. The van der Waals surface area contributed by atoms with Crippen LogP contribution in [0.3, 0.4) is 0 Å². The summed E-state index contributed by atoms with van der Waals surface area (Å²) in [5.41, 5.74) is 2.54. The monoisotopic (exact) mass is 370 g/mol. The van der Waals surface area contributed by atoms with Gasteiger partial charge in [-0.2, -0.15) is 0 Å². The van der Waals surface area contributed by atoms with Gasteiger partial charge in [0.25, 0.3) is 0 Å². The van der Waals surface area contributed by atoms with Crippen LogP contribution >= 0.6 is 11.6 Å². The van der Waals surface area contributed by atoms with Gasteiger partial charge in [0.2, 0.25) is 0 Å². The van der Waals surface area contributed by atoms with Gasteiger partial charge in [0.1, 0.15) is 0 Å². The second-order valence-corrected chi connectivity index (χ2v) is 6.37. The lowest BCUT2D eigenvalue weighted by atomic mass is 9.94. The predicted octanol–water partition coefficient (Wildman–Crippen LogP) is 4.05. The topological polar surface area (TPSA) is 58.6 Å². The summed E-state index contributed by atoms with van der Waals surface area (Å²) < 4.78 is 4.97. The van der Waals surface area contributed by atoms with Crippen LogP contribution in [0.5, 0.6) is 0 Å². The summed E-state index contributed by atoms with van der Waals surface area (Å²) in [5, 5.41) is 3.36. The first-order chi connectivity index (χ1) is 12.5. The number of carbonyl (C=O) groups excluding carboxylic acids is 2. The molecule has 0 aliphatic carbocycles. The zero-order chi connectivity index (χ0) is 18.7. The summed E-state index contributed by atoms with van der Waals surface area (Å²) in [6.45, 7) is 2.10. The van der Waals surface area contributed by atoms with E-state index in [2.05, 4.69) is 5.32 Å². The first kappa shape index (κ1) is 18.0. The summed E-state index contributed by atoms with van der Waals surface area (Å²) >= 11 is 6.29. The maximum absolute atomic E-state index is 12.7.